The van der Waals surface area contributed by atoms with E-state index in [0.29, 0.717) is 6.54 Å². The Morgan fingerprint density at radius 1 is 1.42 bits per heavy atom. The highest BCUT2D eigenvalue weighted by Crippen LogP contribution is 2.27. The van der Waals surface area contributed by atoms with Crippen molar-refractivity contribution < 1.29 is 14.6 Å². The third-order valence-corrected chi connectivity index (χ3v) is 3.76. The minimum Gasteiger partial charge on any atom is -0.496 e. The quantitative estimate of drug-likeness (QED) is 0.906. The molecule has 0 amide bonds. The summed E-state index contributed by atoms with van der Waals surface area (Å²) in [6, 6.07) is 3.84. The lowest BCUT2D eigenvalue weighted by atomic mass is 10.0. The summed E-state index contributed by atoms with van der Waals surface area (Å²) in [5, 5.41) is 9.19. The zero-order chi connectivity index (χ0) is 14.0. The lowest BCUT2D eigenvalue weighted by Crippen LogP contribution is -2.35. The van der Waals surface area contributed by atoms with Gasteiger partial charge >= 0.3 is 5.97 Å². The Morgan fingerprint density at radius 3 is 2.58 bits per heavy atom. The van der Waals surface area contributed by atoms with Gasteiger partial charge in [0.05, 0.1) is 7.11 Å². The van der Waals surface area contributed by atoms with E-state index in [1.54, 1.807) is 7.11 Å². The number of hydrogen-bond donors (Lipinski definition) is 1. The summed E-state index contributed by atoms with van der Waals surface area (Å²) in [4.78, 5) is 13.2. The third kappa shape index (κ3) is 2.89. The minimum absolute atomic E-state index is 0.331. The standard InChI is InChI=1S/C15H21NO3/c1-10-7-12(8-11(2)14(10)19-3)9-16-6-4-5-13(16)15(17)18/h7-8,13H,4-6,9H2,1-3H3,(H,17,18). The predicted octanol–water partition coefficient (Wildman–Crippen LogP) is 2.36. The van der Waals surface area contributed by atoms with Crippen LogP contribution in [0.15, 0.2) is 12.1 Å². The average Bonchev–Trinajstić information content (AvgIpc) is 2.76. The number of hydrogen-bond acceptors (Lipinski definition) is 3. The number of benzene rings is 1. The van der Waals surface area contributed by atoms with Crippen LogP contribution in [-0.2, 0) is 11.3 Å². The maximum absolute atomic E-state index is 11.2. The number of ether oxygens (including phenoxy) is 1. The summed E-state index contributed by atoms with van der Waals surface area (Å²) in [5.74, 6) is 0.208. The SMILES string of the molecule is COc1c(C)cc(CN2CCCC2C(=O)O)cc1C. The fourth-order valence-electron chi connectivity index (χ4n) is 2.98. The summed E-state index contributed by atoms with van der Waals surface area (Å²) in [6.07, 6.45) is 1.72. The summed E-state index contributed by atoms with van der Waals surface area (Å²) >= 11 is 0. The van der Waals surface area contributed by atoms with Gasteiger partial charge in [0, 0.05) is 6.54 Å². The van der Waals surface area contributed by atoms with Gasteiger partial charge in [0.15, 0.2) is 0 Å². The molecule has 1 unspecified atom stereocenters. The Kier molecular flexibility index (Phi) is 4.10. The first-order valence-corrected chi connectivity index (χ1v) is 6.64. The van der Waals surface area contributed by atoms with Gasteiger partial charge in [-0.3, -0.25) is 9.69 Å². The Hall–Kier alpha value is -1.55. The Labute approximate surface area is 114 Å². The van der Waals surface area contributed by atoms with Crippen LogP contribution in [0.5, 0.6) is 5.75 Å². The second-order valence-electron chi connectivity index (χ2n) is 5.23. The molecule has 1 N–H and O–H groups in total. The molecule has 1 heterocycles. The van der Waals surface area contributed by atoms with Gasteiger partial charge in [-0.1, -0.05) is 12.1 Å². The highest BCUT2D eigenvalue weighted by Gasteiger charge is 2.30. The lowest BCUT2D eigenvalue weighted by Gasteiger charge is -2.22. The van der Waals surface area contributed by atoms with Crippen LogP contribution in [0.1, 0.15) is 29.5 Å². The van der Waals surface area contributed by atoms with Gasteiger partial charge in [0.1, 0.15) is 11.8 Å². The molecular formula is C15H21NO3. The second kappa shape index (κ2) is 5.61. The number of carboxylic acid groups (broad SMARTS) is 1. The first kappa shape index (κ1) is 13.9. The average molecular weight is 263 g/mol. The summed E-state index contributed by atoms with van der Waals surface area (Å²) in [5.41, 5.74) is 3.36. The number of aliphatic carboxylic acids is 1. The topological polar surface area (TPSA) is 49.8 Å². The van der Waals surface area contributed by atoms with Gasteiger partial charge < -0.3 is 9.84 Å². The normalized spacial score (nSPS) is 19.6. The number of carboxylic acids is 1. The van der Waals surface area contributed by atoms with E-state index in [4.69, 9.17) is 4.74 Å². The molecule has 1 aliphatic rings. The third-order valence-electron chi connectivity index (χ3n) is 3.76. The second-order valence-corrected chi connectivity index (χ2v) is 5.23. The van der Waals surface area contributed by atoms with Crippen molar-refractivity contribution in [2.24, 2.45) is 0 Å². The fourth-order valence-corrected chi connectivity index (χ4v) is 2.98. The molecule has 0 aromatic heterocycles. The van der Waals surface area contributed by atoms with Crippen LogP contribution in [-0.4, -0.2) is 35.7 Å². The maximum atomic E-state index is 11.2. The summed E-state index contributed by atoms with van der Waals surface area (Å²) in [7, 11) is 1.68. The molecule has 4 heteroatoms. The lowest BCUT2D eigenvalue weighted by molar-refractivity contribution is -0.142. The summed E-state index contributed by atoms with van der Waals surface area (Å²) in [6.45, 7) is 5.60. The molecule has 1 aromatic carbocycles. The number of likely N-dealkylation sites (tertiary alicyclic amines) is 1. The van der Waals surface area contributed by atoms with Crippen LogP contribution in [0.2, 0.25) is 0 Å². The van der Waals surface area contributed by atoms with Gasteiger partial charge in [-0.15, -0.1) is 0 Å². The number of nitrogens with zero attached hydrogens (tertiary/aromatic N) is 1. The Balaban J connectivity index is 2.17. The molecule has 0 aliphatic carbocycles. The van der Waals surface area contributed by atoms with Crippen molar-refractivity contribution in [1.82, 2.24) is 4.90 Å². The van der Waals surface area contributed by atoms with Crippen LogP contribution in [0, 0.1) is 13.8 Å². The van der Waals surface area contributed by atoms with Crippen molar-refractivity contribution in [3.05, 3.63) is 28.8 Å². The van der Waals surface area contributed by atoms with Crippen LogP contribution >= 0.6 is 0 Å². The molecule has 0 bridgehead atoms. The van der Waals surface area contributed by atoms with E-state index in [1.807, 2.05) is 18.7 Å². The number of rotatable bonds is 4. The van der Waals surface area contributed by atoms with Crippen LogP contribution in [0.25, 0.3) is 0 Å². The first-order chi connectivity index (χ1) is 9.02. The molecule has 19 heavy (non-hydrogen) atoms. The van der Waals surface area contributed by atoms with Gasteiger partial charge in [0.25, 0.3) is 0 Å². The first-order valence-electron chi connectivity index (χ1n) is 6.64. The molecule has 104 valence electrons. The number of carbonyl (C=O) groups is 1. The van der Waals surface area contributed by atoms with E-state index < -0.39 is 5.97 Å². The highest BCUT2D eigenvalue weighted by molar-refractivity contribution is 5.73. The molecule has 1 fully saturated rings. The summed E-state index contributed by atoms with van der Waals surface area (Å²) < 4.78 is 5.35. The van der Waals surface area contributed by atoms with Crippen molar-refractivity contribution in [2.75, 3.05) is 13.7 Å². The van der Waals surface area contributed by atoms with E-state index in [2.05, 4.69) is 12.1 Å². The molecule has 1 saturated heterocycles. The Bertz CT molecular complexity index is 461. The zero-order valence-electron chi connectivity index (χ0n) is 11.8. The van der Waals surface area contributed by atoms with E-state index >= 15 is 0 Å². The molecule has 4 nitrogen and oxygen atoms in total. The van der Waals surface area contributed by atoms with E-state index in [9.17, 15) is 9.90 Å². The van der Waals surface area contributed by atoms with Crippen molar-refractivity contribution in [3.63, 3.8) is 0 Å². The smallest absolute Gasteiger partial charge is 0.320 e. The van der Waals surface area contributed by atoms with Crippen molar-refractivity contribution in [1.29, 1.82) is 0 Å². The highest BCUT2D eigenvalue weighted by atomic mass is 16.5. The van der Waals surface area contributed by atoms with Crippen molar-refractivity contribution in [2.45, 2.75) is 39.3 Å². The molecule has 2 rings (SSSR count). The predicted molar refractivity (Wildman–Crippen MR) is 73.5 cm³/mol. The number of methoxy groups -OCH3 is 1. The maximum Gasteiger partial charge on any atom is 0.320 e. The van der Waals surface area contributed by atoms with Crippen LogP contribution in [0.4, 0.5) is 0 Å². The molecule has 0 saturated carbocycles. The number of aryl methyl sites for hydroxylation is 2. The van der Waals surface area contributed by atoms with E-state index in [1.165, 1.54) is 0 Å². The van der Waals surface area contributed by atoms with Crippen molar-refractivity contribution >= 4 is 5.97 Å². The molecular weight excluding hydrogens is 242 g/mol. The van der Waals surface area contributed by atoms with E-state index in [-0.39, 0.29) is 6.04 Å². The molecule has 1 atom stereocenters. The van der Waals surface area contributed by atoms with Gasteiger partial charge in [0.2, 0.25) is 0 Å². The monoisotopic (exact) mass is 263 g/mol. The van der Waals surface area contributed by atoms with Gasteiger partial charge in [-0.2, -0.15) is 0 Å². The van der Waals surface area contributed by atoms with E-state index in [0.717, 1.165) is 41.8 Å². The largest absolute Gasteiger partial charge is 0.496 e. The zero-order valence-corrected chi connectivity index (χ0v) is 11.8. The molecule has 1 aromatic rings. The Morgan fingerprint density at radius 2 is 2.05 bits per heavy atom. The van der Waals surface area contributed by atoms with Gasteiger partial charge in [-0.25, -0.2) is 0 Å². The van der Waals surface area contributed by atoms with Crippen molar-refractivity contribution in [3.8, 4) is 5.75 Å². The van der Waals surface area contributed by atoms with Gasteiger partial charge in [-0.05, 0) is 49.9 Å². The van der Waals surface area contributed by atoms with Crippen LogP contribution < -0.4 is 4.74 Å². The van der Waals surface area contributed by atoms with Crippen LogP contribution in [0.3, 0.4) is 0 Å². The molecule has 0 radical (unpaired) electrons. The molecule has 0 spiro atoms. The fraction of sp³-hybridized carbons (Fsp3) is 0.533. The minimum atomic E-state index is -0.709. The molecule has 1 aliphatic heterocycles.